The highest BCUT2D eigenvalue weighted by atomic mass is 35.5. The molecule has 30 heavy (non-hydrogen) atoms. The molecule has 3 aromatic rings. The van der Waals surface area contributed by atoms with Crippen LogP contribution in [-0.2, 0) is 11.3 Å². The molecule has 3 rings (SSSR count). The normalized spacial score (nSPS) is 10.8. The van der Waals surface area contributed by atoms with E-state index in [9.17, 15) is 23.7 Å². The minimum atomic E-state index is -2.80. The average molecular weight is 437 g/mol. The van der Waals surface area contributed by atoms with Gasteiger partial charge in [-0.15, -0.1) is 0 Å². The van der Waals surface area contributed by atoms with Crippen molar-refractivity contribution >= 4 is 28.9 Å². The van der Waals surface area contributed by atoms with E-state index in [4.69, 9.17) is 16.3 Å². The molecule has 1 aromatic heterocycles. The third-order valence-electron chi connectivity index (χ3n) is 3.89. The number of nitrogens with zero attached hydrogens (tertiary/aromatic N) is 3. The number of rotatable bonds is 7. The van der Waals surface area contributed by atoms with Gasteiger partial charge in [0, 0.05) is 17.2 Å². The van der Waals surface area contributed by atoms with Crippen LogP contribution in [0.5, 0.6) is 11.5 Å². The van der Waals surface area contributed by atoms with Crippen molar-refractivity contribution in [2.45, 2.75) is 19.9 Å². The molecule has 0 fully saturated rings. The highest BCUT2D eigenvalue weighted by Crippen LogP contribution is 2.30. The van der Waals surface area contributed by atoms with Crippen molar-refractivity contribution in [1.29, 1.82) is 0 Å². The Balaban J connectivity index is 1.80. The zero-order valence-electron chi connectivity index (χ0n) is 15.5. The Hall–Kier alpha value is -3.53. The van der Waals surface area contributed by atoms with Gasteiger partial charge in [0.25, 0.3) is 12.1 Å². The number of nitro groups is 1. The maximum atomic E-state index is 13.1. The largest absolute Gasteiger partial charge is 0.457 e. The van der Waals surface area contributed by atoms with E-state index >= 15 is 0 Å². The molecule has 1 heterocycles. The third kappa shape index (κ3) is 5.29. The van der Waals surface area contributed by atoms with Gasteiger partial charge in [0.2, 0.25) is 5.91 Å². The molecule has 1 N–H and O–H groups in total. The Morgan fingerprint density at radius 3 is 2.57 bits per heavy atom. The average Bonchev–Trinajstić information content (AvgIpc) is 3.03. The third-order valence-corrected chi connectivity index (χ3v) is 4.14. The summed E-state index contributed by atoms with van der Waals surface area (Å²) in [5.41, 5.74) is -0.304. The van der Waals surface area contributed by atoms with E-state index in [2.05, 4.69) is 10.4 Å². The van der Waals surface area contributed by atoms with E-state index in [-0.39, 0.29) is 17.1 Å². The Kier molecular flexibility index (Phi) is 6.26. The smallest absolute Gasteiger partial charge is 0.280 e. The maximum Gasteiger partial charge on any atom is 0.280 e. The molecule has 156 valence electrons. The van der Waals surface area contributed by atoms with Gasteiger partial charge in [-0.25, -0.2) is 8.78 Å². The van der Waals surface area contributed by atoms with Gasteiger partial charge in [0.05, 0.1) is 22.4 Å². The van der Waals surface area contributed by atoms with Gasteiger partial charge < -0.3 is 10.1 Å². The number of aromatic nitrogens is 2. The first kappa shape index (κ1) is 21.2. The summed E-state index contributed by atoms with van der Waals surface area (Å²) >= 11 is 5.82. The van der Waals surface area contributed by atoms with Gasteiger partial charge in [0.15, 0.2) is 0 Å². The number of nitrogens with one attached hydrogen (secondary N) is 1. The van der Waals surface area contributed by atoms with E-state index in [0.717, 1.165) is 10.7 Å². The van der Waals surface area contributed by atoms with E-state index in [1.54, 1.807) is 24.3 Å². The maximum absolute atomic E-state index is 13.1. The van der Waals surface area contributed by atoms with Crippen LogP contribution in [-0.4, -0.2) is 20.6 Å². The second-order valence-electron chi connectivity index (χ2n) is 6.25. The molecule has 0 unspecified atom stereocenters. The predicted octanol–water partition coefficient (Wildman–Crippen LogP) is 5.12. The molecule has 0 aliphatic heterocycles. The van der Waals surface area contributed by atoms with Gasteiger partial charge in [-0.05, 0) is 37.3 Å². The number of non-ortho nitro benzene ring substituents is 1. The van der Waals surface area contributed by atoms with Crippen LogP contribution in [0.1, 0.15) is 17.8 Å². The quantitative estimate of drug-likeness (QED) is 0.409. The topological polar surface area (TPSA) is 99.3 Å². The van der Waals surface area contributed by atoms with Crippen molar-refractivity contribution in [1.82, 2.24) is 9.78 Å². The number of aryl methyl sites for hydroxylation is 1. The zero-order valence-corrected chi connectivity index (χ0v) is 16.3. The lowest BCUT2D eigenvalue weighted by Gasteiger charge is -2.10. The fourth-order valence-electron chi connectivity index (χ4n) is 2.66. The SMILES string of the molecule is Cc1cc(C(F)F)n(CC(=O)Nc2cc(Oc3ccc(Cl)cc3)cc([N+](=O)[O-])c2)n1. The molecule has 0 radical (unpaired) electrons. The highest BCUT2D eigenvalue weighted by molar-refractivity contribution is 6.30. The zero-order chi connectivity index (χ0) is 21.8. The molecule has 11 heteroatoms. The number of hydrogen-bond donors (Lipinski definition) is 1. The van der Waals surface area contributed by atoms with Crippen LogP contribution in [0.15, 0.2) is 48.5 Å². The van der Waals surface area contributed by atoms with Gasteiger partial charge in [-0.3, -0.25) is 19.6 Å². The first-order valence-corrected chi connectivity index (χ1v) is 8.94. The van der Waals surface area contributed by atoms with E-state index in [0.29, 0.717) is 16.5 Å². The Morgan fingerprint density at radius 2 is 1.93 bits per heavy atom. The van der Waals surface area contributed by atoms with Crippen LogP contribution in [0.25, 0.3) is 0 Å². The number of alkyl halides is 2. The Labute approximate surface area is 174 Å². The molecule has 2 aromatic carbocycles. The van der Waals surface area contributed by atoms with Crippen LogP contribution in [0.3, 0.4) is 0 Å². The summed E-state index contributed by atoms with van der Waals surface area (Å²) in [5, 5.41) is 18.0. The monoisotopic (exact) mass is 436 g/mol. The molecule has 0 aliphatic carbocycles. The first-order chi connectivity index (χ1) is 14.2. The summed E-state index contributed by atoms with van der Waals surface area (Å²) < 4.78 is 32.6. The number of carbonyl (C=O) groups excluding carboxylic acids is 1. The Morgan fingerprint density at radius 1 is 1.23 bits per heavy atom. The summed E-state index contributed by atoms with van der Waals surface area (Å²) in [6.07, 6.45) is -2.80. The summed E-state index contributed by atoms with van der Waals surface area (Å²) in [4.78, 5) is 22.9. The number of hydrogen-bond acceptors (Lipinski definition) is 5. The van der Waals surface area contributed by atoms with Crippen molar-refractivity contribution in [3.63, 3.8) is 0 Å². The van der Waals surface area contributed by atoms with Gasteiger partial charge in [-0.1, -0.05) is 11.6 Å². The number of anilines is 1. The molecule has 0 bridgehead atoms. The fraction of sp³-hybridized carbons (Fsp3) is 0.158. The van der Waals surface area contributed by atoms with Gasteiger partial charge >= 0.3 is 0 Å². The van der Waals surface area contributed by atoms with Crippen LogP contribution in [0.4, 0.5) is 20.2 Å². The van der Waals surface area contributed by atoms with Gasteiger partial charge in [-0.2, -0.15) is 5.10 Å². The standard InChI is InChI=1S/C19H15ClF2N4O4/c1-11-6-17(19(21)22)25(24-11)10-18(27)23-13-7-14(26(28)29)9-16(8-13)30-15-4-2-12(20)3-5-15/h2-9,19H,10H2,1H3,(H,23,27). The lowest BCUT2D eigenvalue weighted by Crippen LogP contribution is -2.21. The molecule has 8 nitrogen and oxygen atoms in total. The number of benzene rings is 2. The summed E-state index contributed by atoms with van der Waals surface area (Å²) in [7, 11) is 0. The molecular weight excluding hydrogens is 422 g/mol. The number of amides is 1. The van der Waals surface area contributed by atoms with E-state index < -0.39 is 29.5 Å². The molecule has 0 spiro atoms. The van der Waals surface area contributed by atoms with Crippen molar-refractivity contribution in [2.24, 2.45) is 0 Å². The molecule has 0 aliphatic rings. The lowest BCUT2D eigenvalue weighted by atomic mass is 10.2. The predicted molar refractivity (Wildman–Crippen MR) is 105 cm³/mol. The molecule has 0 saturated heterocycles. The molecule has 0 atom stereocenters. The minimum Gasteiger partial charge on any atom is -0.457 e. The molecular formula is C19H15ClF2N4O4. The fourth-order valence-corrected chi connectivity index (χ4v) is 2.79. The molecule has 0 saturated carbocycles. The van der Waals surface area contributed by atoms with E-state index in [1.807, 2.05) is 0 Å². The highest BCUT2D eigenvalue weighted by Gasteiger charge is 2.18. The first-order valence-electron chi connectivity index (χ1n) is 8.56. The van der Waals surface area contributed by atoms with Crippen molar-refractivity contribution in [3.05, 3.63) is 75.1 Å². The summed E-state index contributed by atoms with van der Waals surface area (Å²) in [5.74, 6) is -0.200. The summed E-state index contributed by atoms with van der Waals surface area (Å²) in [6, 6.07) is 11.2. The van der Waals surface area contributed by atoms with Crippen LogP contribution >= 0.6 is 11.6 Å². The van der Waals surface area contributed by atoms with Gasteiger partial charge in [0.1, 0.15) is 23.7 Å². The van der Waals surface area contributed by atoms with Crippen molar-refractivity contribution in [2.75, 3.05) is 5.32 Å². The Bertz CT molecular complexity index is 1090. The van der Waals surface area contributed by atoms with Crippen molar-refractivity contribution < 1.29 is 23.2 Å². The van der Waals surface area contributed by atoms with E-state index in [1.165, 1.54) is 25.1 Å². The molecule has 1 amide bonds. The second-order valence-corrected chi connectivity index (χ2v) is 6.68. The second kappa shape index (κ2) is 8.87. The van der Waals surface area contributed by atoms with Crippen LogP contribution in [0.2, 0.25) is 5.02 Å². The van der Waals surface area contributed by atoms with Crippen molar-refractivity contribution in [3.8, 4) is 11.5 Å². The lowest BCUT2D eigenvalue weighted by molar-refractivity contribution is -0.384. The number of carbonyl (C=O) groups is 1. The number of nitro benzene ring substituents is 1. The number of ether oxygens (including phenoxy) is 1. The van der Waals surface area contributed by atoms with Crippen LogP contribution in [0, 0.1) is 17.0 Å². The van der Waals surface area contributed by atoms with Crippen LogP contribution < -0.4 is 10.1 Å². The number of halogens is 3. The summed E-state index contributed by atoms with van der Waals surface area (Å²) in [6.45, 7) is 1.05. The minimum absolute atomic E-state index is 0.0700.